The van der Waals surface area contributed by atoms with Crippen molar-refractivity contribution in [2.24, 2.45) is 0 Å². The largest absolute Gasteiger partial charge is 0.490 e. The Morgan fingerprint density at radius 2 is 1.79 bits per heavy atom. The van der Waals surface area contributed by atoms with Gasteiger partial charge in [0.1, 0.15) is 12.4 Å². The molecule has 0 saturated carbocycles. The number of amides is 2. The van der Waals surface area contributed by atoms with Crippen LogP contribution in [0.5, 0.6) is 11.5 Å². The maximum Gasteiger partial charge on any atom is 0.270 e. The fourth-order valence-electron chi connectivity index (χ4n) is 4.17. The maximum atomic E-state index is 13.5. The van der Waals surface area contributed by atoms with E-state index < -0.39 is 11.7 Å². The summed E-state index contributed by atoms with van der Waals surface area (Å²) in [4.78, 5) is 28.1. The molecule has 0 aromatic heterocycles. The van der Waals surface area contributed by atoms with Crippen molar-refractivity contribution < 1.29 is 23.5 Å². The zero-order chi connectivity index (χ0) is 29.6. The second-order valence-corrected chi connectivity index (χ2v) is 11.6. The minimum absolute atomic E-state index is 0.306. The number of anilines is 2. The smallest absolute Gasteiger partial charge is 0.270 e. The van der Waals surface area contributed by atoms with Gasteiger partial charge in [-0.25, -0.2) is 4.39 Å². The minimum Gasteiger partial charge on any atom is -0.490 e. The minimum atomic E-state index is -0.397. The highest BCUT2D eigenvalue weighted by atomic mass is 79.9. The van der Waals surface area contributed by atoms with Crippen molar-refractivity contribution in [2.75, 3.05) is 16.8 Å². The van der Waals surface area contributed by atoms with E-state index in [1.54, 1.807) is 30.3 Å². The highest BCUT2D eigenvalue weighted by Crippen LogP contribution is 2.40. The molecular weight excluding hydrogens is 639 g/mol. The number of hydrogen-bond acceptors (Lipinski definition) is 6. The molecule has 1 aliphatic rings. The topological polar surface area (TPSA) is 67.9 Å². The highest BCUT2D eigenvalue weighted by molar-refractivity contribution is 9.10. The summed E-state index contributed by atoms with van der Waals surface area (Å²) in [7, 11) is 0. The molecule has 212 valence electrons. The van der Waals surface area contributed by atoms with Crippen molar-refractivity contribution in [3.8, 4) is 11.5 Å². The van der Waals surface area contributed by atoms with Crippen molar-refractivity contribution in [3.63, 3.8) is 0 Å². The Hall–Kier alpha value is -3.99. The summed E-state index contributed by atoms with van der Waals surface area (Å²) in [5.41, 5.74) is 3.00. The van der Waals surface area contributed by atoms with E-state index in [1.807, 2.05) is 49.4 Å². The van der Waals surface area contributed by atoms with Gasteiger partial charge in [-0.1, -0.05) is 60.4 Å². The molecule has 0 atom stereocenters. The first-order valence-electron chi connectivity index (χ1n) is 12.9. The molecule has 42 heavy (non-hydrogen) atoms. The third-order valence-corrected chi connectivity index (χ3v) is 8.01. The molecule has 2 amide bonds. The van der Waals surface area contributed by atoms with Gasteiger partial charge < -0.3 is 14.8 Å². The quantitative estimate of drug-likeness (QED) is 0.144. The Bertz CT molecular complexity index is 1680. The van der Waals surface area contributed by atoms with Gasteiger partial charge in [-0.2, -0.15) is 0 Å². The lowest BCUT2D eigenvalue weighted by Crippen LogP contribution is -2.27. The molecule has 0 radical (unpaired) electrons. The molecule has 4 aromatic carbocycles. The van der Waals surface area contributed by atoms with Gasteiger partial charge in [0.25, 0.3) is 11.8 Å². The lowest BCUT2D eigenvalue weighted by atomic mass is 10.1. The van der Waals surface area contributed by atoms with Crippen LogP contribution < -0.4 is 19.7 Å². The summed E-state index contributed by atoms with van der Waals surface area (Å²) in [5, 5.41) is 2.73. The van der Waals surface area contributed by atoms with Crippen LogP contribution in [0.2, 0.25) is 0 Å². The number of thioether (sulfide) groups is 1. The number of benzene rings is 4. The molecule has 1 aliphatic heterocycles. The fourth-order valence-corrected chi connectivity index (χ4v) is 6.04. The monoisotopic (exact) mass is 662 g/mol. The van der Waals surface area contributed by atoms with Crippen molar-refractivity contribution in [2.45, 2.75) is 13.5 Å². The Labute approximate surface area is 260 Å². The SMILES string of the molecule is CCOc1cc(/C=C2/SC(=S)N(c3cccc(C(=O)Nc4ccc(F)cc4)c3)C2=O)cc(Br)c1OCc1ccccc1. The van der Waals surface area contributed by atoms with Crippen LogP contribution in [0.1, 0.15) is 28.4 Å². The molecule has 1 saturated heterocycles. The van der Waals surface area contributed by atoms with Gasteiger partial charge in [0.15, 0.2) is 15.8 Å². The third-order valence-electron chi connectivity index (χ3n) is 6.12. The molecule has 1 N–H and O–H groups in total. The molecule has 0 spiro atoms. The number of rotatable bonds is 9. The van der Waals surface area contributed by atoms with Crippen LogP contribution in [-0.4, -0.2) is 22.7 Å². The molecule has 10 heteroatoms. The van der Waals surface area contributed by atoms with E-state index in [2.05, 4.69) is 21.2 Å². The first kappa shape index (κ1) is 29.5. The van der Waals surface area contributed by atoms with Gasteiger partial charge in [-0.05, 0) is 94.7 Å². The van der Waals surface area contributed by atoms with Crippen LogP contribution in [0.25, 0.3) is 6.08 Å². The van der Waals surface area contributed by atoms with Crippen molar-refractivity contribution >= 4 is 73.5 Å². The average molecular weight is 664 g/mol. The first-order valence-corrected chi connectivity index (χ1v) is 14.9. The summed E-state index contributed by atoms with van der Waals surface area (Å²) in [6.07, 6.45) is 1.75. The van der Waals surface area contributed by atoms with E-state index >= 15 is 0 Å². The summed E-state index contributed by atoms with van der Waals surface area (Å²) in [5.74, 6) is 0.0173. The van der Waals surface area contributed by atoms with Gasteiger partial charge in [-0.15, -0.1) is 0 Å². The van der Waals surface area contributed by atoms with Crippen LogP contribution in [0.15, 0.2) is 100 Å². The molecular formula is C32H24BrFN2O4S2. The fraction of sp³-hybridized carbons (Fsp3) is 0.0938. The van der Waals surface area contributed by atoms with Crippen molar-refractivity contribution in [1.82, 2.24) is 0 Å². The Balaban J connectivity index is 1.36. The van der Waals surface area contributed by atoms with E-state index in [0.29, 0.717) is 55.3 Å². The van der Waals surface area contributed by atoms with Crippen LogP contribution in [0.3, 0.4) is 0 Å². The lowest BCUT2D eigenvalue weighted by molar-refractivity contribution is -0.113. The van der Waals surface area contributed by atoms with Crippen molar-refractivity contribution in [3.05, 3.63) is 123 Å². The second-order valence-electron chi connectivity index (χ2n) is 9.07. The molecule has 5 rings (SSSR count). The zero-order valence-corrected chi connectivity index (χ0v) is 25.5. The normalized spacial score (nSPS) is 13.9. The van der Waals surface area contributed by atoms with E-state index in [0.717, 1.165) is 11.1 Å². The number of carbonyl (C=O) groups is 2. The molecule has 6 nitrogen and oxygen atoms in total. The van der Waals surface area contributed by atoms with Crippen LogP contribution in [0, 0.1) is 5.82 Å². The molecule has 1 fully saturated rings. The summed E-state index contributed by atoms with van der Waals surface area (Å²) >= 11 is 10.3. The van der Waals surface area contributed by atoms with E-state index in [9.17, 15) is 14.0 Å². The second kappa shape index (κ2) is 13.3. The van der Waals surface area contributed by atoms with Gasteiger partial charge in [-0.3, -0.25) is 14.5 Å². The Morgan fingerprint density at radius 1 is 1.02 bits per heavy atom. The predicted molar refractivity (Wildman–Crippen MR) is 173 cm³/mol. The summed E-state index contributed by atoms with van der Waals surface area (Å²) in [6, 6.07) is 25.6. The summed E-state index contributed by atoms with van der Waals surface area (Å²) in [6.45, 7) is 2.70. The van der Waals surface area contributed by atoms with Crippen LogP contribution in [0.4, 0.5) is 15.8 Å². The van der Waals surface area contributed by atoms with Gasteiger partial charge in [0, 0.05) is 11.3 Å². The number of halogens is 2. The van der Waals surface area contributed by atoms with Gasteiger partial charge in [0.2, 0.25) is 0 Å². The molecule has 4 aromatic rings. The molecule has 1 heterocycles. The zero-order valence-electron chi connectivity index (χ0n) is 22.3. The Kier molecular flexibility index (Phi) is 9.36. The molecule has 0 bridgehead atoms. The maximum absolute atomic E-state index is 13.5. The van der Waals surface area contributed by atoms with Crippen LogP contribution >= 0.6 is 39.9 Å². The van der Waals surface area contributed by atoms with Crippen LogP contribution in [-0.2, 0) is 11.4 Å². The number of hydrogen-bond donors (Lipinski definition) is 1. The van der Waals surface area contributed by atoms with Gasteiger partial charge >= 0.3 is 0 Å². The number of carbonyl (C=O) groups excluding carboxylic acids is 2. The Morgan fingerprint density at radius 3 is 2.52 bits per heavy atom. The van der Waals surface area contributed by atoms with E-state index in [-0.39, 0.29) is 5.91 Å². The van der Waals surface area contributed by atoms with E-state index in [4.69, 9.17) is 21.7 Å². The number of nitrogens with one attached hydrogen (secondary N) is 1. The number of thiocarbonyl (C=S) groups is 1. The first-order chi connectivity index (χ1) is 20.3. The predicted octanol–water partition coefficient (Wildman–Crippen LogP) is 8.22. The standard InChI is InChI=1S/C32H24BrFN2O4S2/c1-2-39-27-16-21(15-26(33)29(27)40-19-20-7-4-3-5-8-20)17-28-31(38)36(32(41)42-28)25-10-6-9-22(18-25)30(37)35-24-13-11-23(34)12-14-24/h3-18H,2,19H2,1H3,(H,35,37)/b28-17+. The van der Waals surface area contributed by atoms with Crippen molar-refractivity contribution in [1.29, 1.82) is 0 Å². The molecule has 0 unspecified atom stereocenters. The summed E-state index contributed by atoms with van der Waals surface area (Å²) < 4.78 is 26.2. The highest BCUT2D eigenvalue weighted by Gasteiger charge is 2.33. The third kappa shape index (κ3) is 6.89. The van der Waals surface area contributed by atoms with E-state index in [1.165, 1.54) is 40.9 Å². The van der Waals surface area contributed by atoms with Gasteiger partial charge in [0.05, 0.1) is 21.7 Å². The average Bonchev–Trinajstić information content (AvgIpc) is 3.26. The number of nitrogens with zero attached hydrogens (tertiary/aromatic N) is 1. The number of ether oxygens (including phenoxy) is 2. The lowest BCUT2D eigenvalue weighted by Gasteiger charge is -2.16. The molecule has 0 aliphatic carbocycles.